The van der Waals surface area contributed by atoms with Gasteiger partial charge in [-0.1, -0.05) is 70.6 Å². The smallest absolute Gasteiger partial charge is 0.249 e. The number of hydrogen-bond donors (Lipinski definition) is 19. The number of ether oxygens (including phenoxy) is 7. The SMILES string of the molecule is CC(=O)NC1C(OCCCCCCNC(=O)CCC(NC(=O)CCC(NC(=O)CCCCCCCCCNC(=O)[C@H]2C[C@@H](O)[C@H](CO)O2)C(=O)NCCCCCCOC2OC(CO)C(O)C(O)C2NC(C)=O)C(=O)NCCCCCCOC2OC3(CC3)C(O)C(O)C2NC(C)=O)OC(CO)C(O)C1O. The third-order valence-corrected chi connectivity index (χ3v) is 19.2. The first-order valence-electron chi connectivity index (χ1n) is 37.4. The van der Waals surface area contributed by atoms with E-state index in [1.807, 2.05) is 0 Å². The summed E-state index contributed by atoms with van der Waals surface area (Å²) in [5.41, 5.74) is -0.910. The van der Waals surface area contributed by atoms with Crippen LogP contribution in [0.25, 0.3) is 0 Å². The number of aliphatic hydroxyl groups is 10. The van der Waals surface area contributed by atoms with Gasteiger partial charge in [0, 0.05) is 92.5 Å². The lowest BCUT2D eigenvalue weighted by atomic mass is 9.95. The second-order valence-corrected chi connectivity index (χ2v) is 27.8. The fourth-order valence-electron chi connectivity index (χ4n) is 13.0. The minimum absolute atomic E-state index is 0.0938. The van der Waals surface area contributed by atoms with Crippen LogP contribution in [0.2, 0.25) is 0 Å². The molecule has 5 rings (SSSR count). The number of unbranched alkanes of at least 4 members (excludes halogenated alkanes) is 15. The summed E-state index contributed by atoms with van der Waals surface area (Å²) in [7, 11) is 0. The molecule has 19 N–H and O–H groups in total. The van der Waals surface area contributed by atoms with Gasteiger partial charge in [-0.05, 0) is 77.0 Å². The fourth-order valence-corrected chi connectivity index (χ4v) is 13.0. The molecular formula is C69H121N9O26. The Balaban J connectivity index is 1.11. The Kier molecular flexibility index (Phi) is 41.2. The van der Waals surface area contributed by atoms with E-state index in [-0.39, 0.29) is 89.9 Å². The molecule has 1 spiro atoms. The van der Waals surface area contributed by atoms with Gasteiger partial charge in [-0.15, -0.1) is 0 Å². The van der Waals surface area contributed by atoms with Gasteiger partial charge >= 0.3 is 0 Å². The lowest BCUT2D eigenvalue weighted by Gasteiger charge is -2.43. The van der Waals surface area contributed by atoms with Gasteiger partial charge in [0.1, 0.15) is 96.8 Å². The highest BCUT2D eigenvalue weighted by Crippen LogP contribution is 2.48. The van der Waals surface area contributed by atoms with Crippen molar-refractivity contribution in [2.45, 2.75) is 316 Å². The highest BCUT2D eigenvalue weighted by atomic mass is 16.7. The maximum Gasteiger partial charge on any atom is 0.249 e. The first-order valence-corrected chi connectivity index (χ1v) is 37.4. The van der Waals surface area contributed by atoms with Crippen molar-refractivity contribution in [2.75, 3.05) is 65.8 Å². The van der Waals surface area contributed by atoms with Gasteiger partial charge < -0.3 is 132 Å². The number of rotatable bonds is 51. The molecule has 0 aromatic heterocycles. The minimum atomic E-state index is -1.46. The Morgan fingerprint density at radius 3 is 1.21 bits per heavy atom. The quantitative estimate of drug-likeness (QED) is 0.0261. The maximum atomic E-state index is 13.9. The second kappa shape index (κ2) is 48.1. The predicted molar refractivity (Wildman–Crippen MR) is 368 cm³/mol. The van der Waals surface area contributed by atoms with E-state index in [9.17, 15) is 94.2 Å². The summed E-state index contributed by atoms with van der Waals surface area (Å²) in [6.07, 6.45) is -3.10. The average Bonchev–Trinajstić information content (AvgIpc) is 1.58. The normalized spacial score (nSPS) is 28.3. The summed E-state index contributed by atoms with van der Waals surface area (Å²) in [4.78, 5) is 116. The first-order chi connectivity index (χ1) is 49.8. The topological polar surface area (TPSA) is 529 Å². The molecule has 35 nitrogen and oxygen atoms in total. The molecule has 104 heavy (non-hydrogen) atoms. The van der Waals surface area contributed by atoms with Crippen LogP contribution >= 0.6 is 0 Å². The van der Waals surface area contributed by atoms with E-state index in [4.69, 9.17) is 33.2 Å². The summed E-state index contributed by atoms with van der Waals surface area (Å²) in [5.74, 6) is -4.22. The van der Waals surface area contributed by atoms with Crippen LogP contribution in [0, 0.1) is 0 Å². The zero-order valence-corrected chi connectivity index (χ0v) is 60.6. The largest absolute Gasteiger partial charge is 0.394 e. The van der Waals surface area contributed by atoms with Gasteiger partial charge in [-0.2, -0.15) is 0 Å². The molecular weight excluding hydrogens is 1370 g/mol. The lowest BCUT2D eigenvalue weighted by molar-refractivity contribution is -0.275. The highest BCUT2D eigenvalue weighted by molar-refractivity contribution is 5.90. The molecule has 5 aliphatic rings. The Morgan fingerprint density at radius 1 is 0.413 bits per heavy atom. The van der Waals surface area contributed by atoms with Crippen molar-refractivity contribution in [3.8, 4) is 0 Å². The Bertz CT molecular complexity index is 2600. The van der Waals surface area contributed by atoms with Gasteiger partial charge in [-0.3, -0.25) is 43.2 Å². The molecule has 0 bridgehead atoms. The van der Waals surface area contributed by atoms with Gasteiger partial charge in [0.25, 0.3) is 0 Å². The molecule has 16 unspecified atom stereocenters. The number of carbonyl (C=O) groups excluding carboxylic acids is 9. The zero-order chi connectivity index (χ0) is 76.1. The monoisotopic (exact) mass is 1490 g/mol. The van der Waals surface area contributed by atoms with E-state index in [2.05, 4.69) is 47.9 Å². The lowest BCUT2D eigenvalue weighted by Crippen LogP contribution is -2.64. The van der Waals surface area contributed by atoms with Gasteiger partial charge in [0.15, 0.2) is 18.9 Å². The molecule has 1 saturated carbocycles. The second-order valence-electron chi connectivity index (χ2n) is 27.8. The predicted octanol–water partition coefficient (Wildman–Crippen LogP) is -3.65. The Morgan fingerprint density at radius 2 is 0.788 bits per heavy atom. The van der Waals surface area contributed by atoms with E-state index in [1.165, 1.54) is 20.8 Å². The van der Waals surface area contributed by atoms with Gasteiger partial charge in [0.2, 0.25) is 53.2 Å². The van der Waals surface area contributed by atoms with E-state index in [0.717, 1.165) is 38.5 Å². The number of aliphatic hydroxyl groups excluding tert-OH is 10. The van der Waals surface area contributed by atoms with Crippen LogP contribution in [0.4, 0.5) is 0 Å². The van der Waals surface area contributed by atoms with Crippen molar-refractivity contribution < 1.29 is 127 Å². The molecule has 19 atom stereocenters. The number of amides is 9. The van der Waals surface area contributed by atoms with E-state index < -0.39 is 176 Å². The molecule has 9 amide bonds. The van der Waals surface area contributed by atoms with E-state index in [0.29, 0.717) is 109 Å². The van der Waals surface area contributed by atoms with Crippen LogP contribution in [-0.2, 0) is 76.3 Å². The van der Waals surface area contributed by atoms with Crippen LogP contribution in [0.1, 0.15) is 194 Å². The summed E-state index contributed by atoms with van der Waals surface area (Å²) in [6.45, 7) is 3.89. The van der Waals surface area contributed by atoms with E-state index in [1.54, 1.807) is 0 Å². The van der Waals surface area contributed by atoms with Crippen molar-refractivity contribution in [1.29, 1.82) is 0 Å². The zero-order valence-electron chi connectivity index (χ0n) is 60.6. The Labute approximate surface area is 608 Å². The molecule has 35 heteroatoms. The fraction of sp³-hybridized carbons (Fsp3) is 0.870. The minimum Gasteiger partial charge on any atom is -0.394 e. The first kappa shape index (κ1) is 89.2. The molecule has 4 aliphatic heterocycles. The summed E-state index contributed by atoms with van der Waals surface area (Å²) >= 11 is 0. The molecule has 1 aliphatic carbocycles. The highest BCUT2D eigenvalue weighted by Gasteiger charge is 2.61. The molecule has 4 saturated heterocycles. The van der Waals surface area contributed by atoms with Crippen molar-refractivity contribution in [1.82, 2.24) is 47.9 Å². The van der Waals surface area contributed by atoms with Crippen molar-refractivity contribution in [3.05, 3.63) is 0 Å². The molecule has 4 heterocycles. The van der Waals surface area contributed by atoms with Crippen molar-refractivity contribution >= 4 is 53.2 Å². The van der Waals surface area contributed by atoms with Gasteiger partial charge in [0.05, 0.1) is 25.9 Å². The number of nitrogens with one attached hydrogen (secondary N) is 9. The third-order valence-electron chi connectivity index (χ3n) is 19.2. The van der Waals surface area contributed by atoms with Crippen LogP contribution in [-0.4, -0.2) is 292 Å². The number of hydrogen-bond acceptors (Lipinski definition) is 26. The van der Waals surface area contributed by atoms with Crippen LogP contribution < -0.4 is 47.9 Å². The summed E-state index contributed by atoms with van der Waals surface area (Å²) in [5, 5.41) is 126. The maximum absolute atomic E-state index is 13.9. The van der Waals surface area contributed by atoms with Gasteiger partial charge in [-0.25, -0.2) is 0 Å². The molecule has 5 fully saturated rings. The van der Waals surface area contributed by atoms with Crippen LogP contribution in [0.5, 0.6) is 0 Å². The molecule has 598 valence electrons. The number of carbonyl (C=O) groups is 9. The average molecular weight is 1490 g/mol. The molecule has 0 aromatic carbocycles. The van der Waals surface area contributed by atoms with E-state index >= 15 is 0 Å². The standard InChI is InChI=1S/C69H121N9O26/c1-41(82)74-54-59(91)57(89)49(39-80)102-66(54)98-34-20-12-9-16-30-70-51(86)26-24-44(63(95)71-31-19-11-14-22-36-100-68-56(76-43(3)84)61(93)62(94)69(104-68)28-29-69)78-53(88)27-25-45(77-52(87)23-15-7-5-4-6-8-17-33-73-65(97)47-37-46(85)48(38-79)101-47)64(96)72-32-18-10-13-21-35-99-67-55(75-42(2)83)60(92)58(90)50(40-81)103-67/h44-50,54-62,66-68,79-81,85,89-94H,4-40H2,1-3H3,(H,70,86)(H,71,95)(H,72,96)(H,73,97)(H,74,82)(H,75,83)(H,76,84)(H,77,87)(H,78,88)/t44?,45?,46-,47-,48+,49?,50?,54?,55?,56?,57?,58?,59?,60?,61?,62?,66?,67?,68?/m1/s1. The molecule has 0 aromatic rings. The summed E-state index contributed by atoms with van der Waals surface area (Å²) in [6, 6.07) is -5.46. The molecule has 0 radical (unpaired) electrons. The van der Waals surface area contributed by atoms with Crippen molar-refractivity contribution in [2.24, 2.45) is 0 Å². The van der Waals surface area contributed by atoms with Crippen LogP contribution in [0.3, 0.4) is 0 Å². The third kappa shape index (κ3) is 31.0. The summed E-state index contributed by atoms with van der Waals surface area (Å²) < 4.78 is 40.2. The van der Waals surface area contributed by atoms with Crippen molar-refractivity contribution in [3.63, 3.8) is 0 Å². The van der Waals surface area contributed by atoms with Crippen LogP contribution in [0.15, 0.2) is 0 Å². The Hall–Kier alpha value is -5.45.